The number of aromatic nitrogens is 1. The van der Waals surface area contributed by atoms with Crippen LogP contribution in [0.3, 0.4) is 0 Å². The minimum Gasteiger partial charge on any atom is -0.390 e. The van der Waals surface area contributed by atoms with Gasteiger partial charge in [0.25, 0.3) is 6.43 Å². The third-order valence-electron chi connectivity index (χ3n) is 1.39. The molecule has 0 aromatic carbocycles. The molecule has 2 nitrogen and oxygen atoms in total. The maximum absolute atomic E-state index is 12.9. The number of halogens is 4. The molecule has 1 N–H and O–H groups in total. The molecule has 0 aliphatic carbocycles. The van der Waals surface area contributed by atoms with Crippen LogP contribution in [-0.4, -0.2) is 10.1 Å². The highest BCUT2D eigenvalue weighted by atomic mass is 79.9. The highest BCUT2D eigenvalue weighted by Gasteiger charge is 2.19. The molecule has 1 aromatic rings. The van der Waals surface area contributed by atoms with E-state index >= 15 is 0 Å². The Balaban J connectivity index is 3.23. The van der Waals surface area contributed by atoms with Crippen molar-refractivity contribution in [1.82, 2.24) is 4.98 Å². The van der Waals surface area contributed by atoms with Crippen LogP contribution >= 0.6 is 15.9 Å². The van der Waals surface area contributed by atoms with Gasteiger partial charge >= 0.3 is 0 Å². The average molecular weight is 256 g/mol. The predicted octanol–water partition coefficient (Wildman–Crippen LogP) is 2.41. The monoisotopic (exact) mass is 255 g/mol. The first-order valence-electron chi connectivity index (χ1n) is 3.30. The lowest BCUT2D eigenvalue weighted by molar-refractivity contribution is 0.144. The third kappa shape index (κ3) is 2.19. The number of nitrogens with zero attached hydrogens (tertiary/aromatic N) is 1. The standard InChI is InChI=1S/C7H5BrF3NO/c8-6-5(7(10)11)4(9)1-3(2-13)12-6/h1,7,13H,2H2. The number of pyridine rings is 1. The number of hydrogen-bond acceptors (Lipinski definition) is 2. The van der Waals surface area contributed by atoms with Crippen LogP contribution in [0.25, 0.3) is 0 Å². The smallest absolute Gasteiger partial charge is 0.269 e. The number of alkyl halides is 2. The molecule has 0 saturated carbocycles. The van der Waals surface area contributed by atoms with Crippen molar-refractivity contribution in [2.24, 2.45) is 0 Å². The Hall–Kier alpha value is -0.620. The Morgan fingerprint density at radius 1 is 1.54 bits per heavy atom. The van der Waals surface area contributed by atoms with Gasteiger partial charge in [0, 0.05) is 0 Å². The molecular formula is C7H5BrF3NO. The molecule has 1 rings (SSSR count). The van der Waals surface area contributed by atoms with E-state index < -0.39 is 24.4 Å². The molecule has 0 spiro atoms. The van der Waals surface area contributed by atoms with Crippen molar-refractivity contribution in [3.8, 4) is 0 Å². The van der Waals surface area contributed by atoms with Crippen LogP contribution < -0.4 is 0 Å². The number of hydrogen-bond donors (Lipinski definition) is 1. The Kier molecular flexibility index (Phi) is 3.27. The van der Waals surface area contributed by atoms with E-state index in [4.69, 9.17) is 5.11 Å². The van der Waals surface area contributed by atoms with Crippen molar-refractivity contribution in [3.63, 3.8) is 0 Å². The van der Waals surface area contributed by atoms with Gasteiger partial charge in [0.15, 0.2) is 0 Å². The Bertz CT molecular complexity index is 296. The number of aliphatic hydroxyl groups is 1. The first-order valence-corrected chi connectivity index (χ1v) is 4.09. The van der Waals surface area contributed by atoms with Gasteiger partial charge in [0.05, 0.1) is 17.9 Å². The lowest BCUT2D eigenvalue weighted by Crippen LogP contribution is -1.99. The minimum absolute atomic E-state index is 0.00813. The predicted molar refractivity (Wildman–Crippen MR) is 42.8 cm³/mol. The summed E-state index contributed by atoms with van der Waals surface area (Å²) in [5.41, 5.74) is -0.772. The first-order chi connectivity index (χ1) is 6.06. The molecule has 0 aliphatic rings. The summed E-state index contributed by atoms with van der Waals surface area (Å²) in [4.78, 5) is 3.52. The minimum atomic E-state index is -2.92. The van der Waals surface area contributed by atoms with Crippen LogP contribution in [0, 0.1) is 5.82 Å². The van der Waals surface area contributed by atoms with E-state index in [1.807, 2.05) is 0 Å². The van der Waals surface area contributed by atoms with Crippen LogP contribution in [0.5, 0.6) is 0 Å². The third-order valence-corrected chi connectivity index (χ3v) is 2.00. The highest BCUT2D eigenvalue weighted by molar-refractivity contribution is 9.10. The molecule has 0 amide bonds. The second kappa shape index (κ2) is 4.06. The lowest BCUT2D eigenvalue weighted by atomic mass is 10.2. The molecule has 6 heteroatoms. The van der Waals surface area contributed by atoms with E-state index in [0.717, 1.165) is 6.07 Å². The van der Waals surface area contributed by atoms with Gasteiger partial charge in [-0.25, -0.2) is 18.2 Å². The second-order valence-corrected chi connectivity index (χ2v) is 3.01. The Morgan fingerprint density at radius 3 is 2.54 bits per heavy atom. The molecule has 1 aromatic heterocycles. The molecule has 0 bridgehead atoms. The summed E-state index contributed by atoms with van der Waals surface area (Å²) in [6.07, 6.45) is -2.92. The van der Waals surface area contributed by atoms with Gasteiger partial charge in [-0.15, -0.1) is 0 Å². The SMILES string of the molecule is OCc1cc(F)c(C(F)F)c(Br)n1. The molecule has 1 heterocycles. The van der Waals surface area contributed by atoms with Gasteiger partial charge in [0.1, 0.15) is 10.4 Å². The van der Waals surface area contributed by atoms with Crippen LogP contribution in [-0.2, 0) is 6.61 Å². The average Bonchev–Trinajstić information content (AvgIpc) is 2.02. The molecule has 0 atom stereocenters. The van der Waals surface area contributed by atoms with Crippen molar-refractivity contribution in [3.05, 3.63) is 27.7 Å². The van der Waals surface area contributed by atoms with Crippen molar-refractivity contribution >= 4 is 15.9 Å². The molecule has 0 aliphatic heterocycles. The molecule has 72 valence electrons. The van der Waals surface area contributed by atoms with Crippen molar-refractivity contribution in [1.29, 1.82) is 0 Å². The topological polar surface area (TPSA) is 33.1 Å². The summed E-state index contributed by atoms with van der Waals surface area (Å²) in [6, 6.07) is 0.784. The zero-order valence-corrected chi connectivity index (χ0v) is 7.85. The van der Waals surface area contributed by atoms with E-state index in [1.165, 1.54) is 0 Å². The fourth-order valence-electron chi connectivity index (χ4n) is 0.816. The Labute approximate surface area is 80.5 Å². The molecule has 13 heavy (non-hydrogen) atoms. The summed E-state index contributed by atoms with van der Waals surface area (Å²) in [5.74, 6) is -1.07. The largest absolute Gasteiger partial charge is 0.390 e. The van der Waals surface area contributed by atoms with Crippen LogP contribution in [0.2, 0.25) is 0 Å². The summed E-state index contributed by atoms with van der Waals surface area (Å²) >= 11 is 2.70. The fraction of sp³-hybridized carbons (Fsp3) is 0.286. The maximum atomic E-state index is 12.9. The normalized spacial score (nSPS) is 10.9. The zero-order chi connectivity index (χ0) is 10.0. The van der Waals surface area contributed by atoms with Crippen molar-refractivity contribution in [2.75, 3.05) is 0 Å². The molecule has 0 saturated heterocycles. The summed E-state index contributed by atoms with van der Waals surface area (Å²) in [7, 11) is 0. The number of rotatable bonds is 2. The quantitative estimate of drug-likeness (QED) is 0.824. The van der Waals surface area contributed by atoms with Crippen molar-refractivity contribution < 1.29 is 18.3 Å². The number of aliphatic hydroxyl groups excluding tert-OH is 1. The summed E-state index contributed by atoms with van der Waals surface area (Å²) < 4.78 is 36.9. The summed E-state index contributed by atoms with van der Waals surface area (Å²) in [5, 5.41) is 8.58. The van der Waals surface area contributed by atoms with Gasteiger partial charge < -0.3 is 5.11 Å². The molecular weight excluding hydrogens is 251 g/mol. The van der Waals surface area contributed by atoms with E-state index in [-0.39, 0.29) is 10.3 Å². The van der Waals surface area contributed by atoms with Gasteiger partial charge in [-0.3, -0.25) is 0 Å². The van der Waals surface area contributed by atoms with E-state index in [9.17, 15) is 13.2 Å². The molecule has 0 unspecified atom stereocenters. The van der Waals surface area contributed by atoms with Gasteiger partial charge in [-0.1, -0.05) is 0 Å². The van der Waals surface area contributed by atoms with Gasteiger partial charge in [-0.2, -0.15) is 0 Å². The summed E-state index contributed by atoms with van der Waals surface area (Å²) in [6.45, 7) is -0.487. The van der Waals surface area contributed by atoms with E-state index in [1.54, 1.807) is 0 Å². The van der Waals surface area contributed by atoms with Crippen LogP contribution in [0.4, 0.5) is 13.2 Å². The van der Waals surface area contributed by atoms with E-state index in [0.29, 0.717) is 0 Å². The zero-order valence-electron chi connectivity index (χ0n) is 6.27. The van der Waals surface area contributed by atoms with Crippen molar-refractivity contribution in [2.45, 2.75) is 13.0 Å². The van der Waals surface area contributed by atoms with Gasteiger partial charge in [-0.05, 0) is 22.0 Å². The lowest BCUT2D eigenvalue weighted by Gasteiger charge is -2.05. The second-order valence-electron chi connectivity index (χ2n) is 2.26. The maximum Gasteiger partial charge on any atom is 0.269 e. The van der Waals surface area contributed by atoms with E-state index in [2.05, 4.69) is 20.9 Å². The highest BCUT2D eigenvalue weighted by Crippen LogP contribution is 2.28. The molecule has 0 fully saturated rings. The first kappa shape index (κ1) is 10.5. The molecule has 0 radical (unpaired) electrons. The van der Waals surface area contributed by atoms with Crippen LogP contribution in [0.15, 0.2) is 10.7 Å². The van der Waals surface area contributed by atoms with Crippen LogP contribution in [0.1, 0.15) is 17.7 Å². The Morgan fingerprint density at radius 2 is 2.15 bits per heavy atom. The van der Waals surface area contributed by atoms with Gasteiger partial charge in [0.2, 0.25) is 0 Å². The fourth-order valence-corrected chi connectivity index (χ4v) is 1.41.